The highest BCUT2D eigenvalue weighted by atomic mass is 35.5. The molecule has 10 heteroatoms. The second kappa shape index (κ2) is 8.19. The summed E-state index contributed by atoms with van der Waals surface area (Å²) in [6, 6.07) is 13.3. The van der Waals surface area contributed by atoms with E-state index < -0.39 is 10.2 Å². The lowest BCUT2D eigenvalue weighted by Gasteiger charge is -2.16. The van der Waals surface area contributed by atoms with E-state index in [1.165, 1.54) is 30.0 Å². The van der Waals surface area contributed by atoms with Gasteiger partial charge in [-0.3, -0.25) is 14.9 Å². The Morgan fingerprint density at radius 3 is 2.67 bits per heavy atom. The molecular weight excluding hydrogens is 390 g/mol. The molecule has 1 amide bonds. The van der Waals surface area contributed by atoms with E-state index in [1.54, 1.807) is 17.9 Å². The molecule has 138 valence electrons. The maximum absolute atomic E-state index is 12.9. The number of carbonyl (C=O) groups is 1. The fourth-order valence-corrected chi connectivity index (χ4v) is 3.49. The minimum absolute atomic E-state index is 0.00562. The highest BCUT2D eigenvalue weighted by molar-refractivity contribution is 8.00. The van der Waals surface area contributed by atoms with Crippen LogP contribution in [0.15, 0.2) is 60.0 Å². The number of nitro benzene ring substituents is 1. The number of halogens is 1. The van der Waals surface area contributed by atoms with Crippen molar-refractivity contribution < 1.29 is 9.72 Å². The van der Waals surface area contributed by atoms with Gasteiger partial charge in [0.25, 0.3) is 5.69 Å². The van der Waals surface area contributed by atoms with Gasteiger partial charge in [0.1, 0.15) is 16.6 Å². The lowest BCUT2D eigenvalue weighted by molar-refractivity contribution is -0.384. The summed E-state index contributed by atoms with van der Waals surface area (Å²) in [5, 5.41) is 21.6. The molecule has 3 aromatic rings. The number of nitrogens with one attached hydrogen (secondary N) is 1. The Hall–Kier alpha value is -2.91. The van der Waals surface area contributed by atoms with E-state index in [0.29, 0.717) is 5.16 Å². The molecule has 8 nitrogen and oxygen atoms in total. The lowest BCUT2D eigenvalue weighted by atomic mass is 10.1. The average molecular weight is 404 g/mol. The van der Waals surface area contributed by atoms with Gasteiger partial charge in [-0.2, -0.15) is 0 Å². The van der Waals surface area contributed by atoms with Crippen LogP contribution in [0.5, 0.6) is 0 Å². The van der Waals surface area contributed by atoms with Crippen LogP contribution in [-0.4, -0.2) is 25.6 Å². The number of hydrogen-bond donors (Lipinski definition) is 1. The van der Waals surface area contributed by atoms with Crippen molar-refractivity contribution in [3.05, 3.63) is 75.6 Å². The topological polar surface area (TPSA) is 103 Å². The molecule has 0 aliphatic carbocycles. The molecule has 0 spiro atoms. The molecular formula is C17H14ClN5O3S. The molecule has 0 radical (unpaired) electrons. The van der Waals surface area contributed by atoms with Crippen LogP contribution >= 0.6 is 23.4 Å². The molecule has 1 heterocycles. The summed E-state index contributed by atoms with van der Waals surface area (Å²) >= 11 is 7.06. The second-order valence-electron chi connectivity index (χ2n) is 5.55. The first-order valence-electron chi connectivity index (χ1n) is 7.76. The van der Waals surface area contributed by atoms with Crippen LogP contribution in [0, 0.1) is 10.1 Å². The van der Waals surface area contributed by atoms with Gasteiger partial charge in [0.15, 0.2) is 5.16 Å². The number of rotatable bonds is 6. The number of hydrogen-bond acceptors (Lipinski definition) is 6. The summed E-state index contributed by atoms with van der Waals surface area (Å²) in [5.74, 6) is -0.342. The van der Waals surface area contributed by atoms with Gasteiger partial charge in [-0.15, -0.1) is 10.2 Å². The third kappa shape index (κ3) is 4.44. The van der Waals surface area contributed by atoms with Crippen LogP contribution in [0.2, 0.25) is 5.02 Å². The Labute approximate surface area is 163 Å². The summed E-state index contributed by atoms with van der Waals surface area (Å²) in [6.07, 6.45) is 1.55. The lowest BCUT2D eigenvalue weighted by Crippen LogP contribution is -2.19. The molecule has 0 fully saturated rings. The fourth-order valence-electron chi connectivity index (χ4n) is 2.32. The summed E-state index contributed by atoms with van der Waals surface area (Å²) in [4.78, 5) is 23.4. The van der Waals surface area contributed by atoms with Crippen molar-refractivity contribution in [2.75, 3.05) is 5.32 Å². The largest absolute Gasteiger partial charge is 0.325 e. The van der Waals surface area contributed by atoms with Crippen molar-refractivity contribution in [1.29, 1.82) is 0 Å². The SMILES string of the molecule is Cn1cnnc1S[C@@H](C(=O)Nc1ccc(Cl)c([N+](=O)[O-])c1)c1ccccc1. The molecule has 27 heavy (non-hydrogen) atoms. The van der Waals surface area contributed by atoms with Gasteiger partial charge in [0, 0.05) is 18.8 Å². The number of carbonyl (C=O) groups excluding carboxylic acids is 1. The highest BCUT2D eigenvalue weighted by Gasteiger charge is 2.25. The number of nitro groups is 1. The normalized spacial score (nSPS) is 11.8. The van der Waals surface area contributed by atoms with Gasteiger partial charge in [0.2, 0.25) is 5.91 Å². The zero-order valence-electron chi connectivity index (χ0n) is 14.1. The Morgan fingerprint density at radius 1 is 1.30 bits per heavy atom. The highest BCUT2D eigenvalue weighted by Crippen LogP contribution is 2.35. The number of amides is 1. The maximum Gasteiger partial charge on any atom is 0.289 e. The Kier molecular flexibility index (Phi) is 5.72. The number of thioether (sulfide) groups is 1. The zero-order valence-corrected chi connectivity index (χ0v) is 15.6. The van der Waals surface area contributed by atoms with Crippen molar-refractivity contribution >= 4 is 40.6 Å². The van der Waals surface area contributed by atoms with Gasteiger partial charge in [-0.25, -0.2) is 0 Å². The predicted octanol–water partition coefficient (Wildman–Crippen LogP) is 3.85. The quantitative estimate of drug-likeness (QED) is 0.381. The van der Waals surface area contributed by atoms with Crippen LogP contribution < -0.4 is 5.32 Å². The van der Waals surface area contributed by atoms with Crippen LogP contribution in [-0.2, 0) is 11.8 Å². The molecule has 3 rings (SSSR count). The van der Waals surface area contributed by atoms with Crippen LogP contribution in [0.1, 0.15) is 10.8 Å². The third-order valence-electron chi connectivity index (χ3n) is 3.64. The molecule has 0 saturated heterocycles. The first-order valence-corrected chi connectivity index (χ1v) is 9.02. The Bertz CT molecular complexity index is 980. The number of benzene rings is 2. The van der Waals surface area contributed by atoms with Gasteiger partial charge >= 0.3 is 0 Å². The molecule has 1 aromatic heterocycles. The molecule has 1 N–H and O–H groups in total. The van der Waals surface area contributed by atoms with Crippen molar-refractivity contribution in [1.82, 2.24) is 14.8 Å². The molecule has 2 aromatic carbocycles. The third-order valence-corrected chi connectivity index (χ3v) is 5.27. The minimum atomic E-state index is -0.621. The van der Waals surface area contributed by atoms with E-state index in [9.17, 15) is 14.9 Å². The number of aromatic nitrogens is 3. The summed E-state index contributed by atoms with van der Waals surface area (Å²) in [6.45, 7) is 0. The number of aryl methyl sites for hydroxylation is 1. The van der Waals surface area contributed by atoms with Crippen molar-refractivity contribution in [2.45, 2.75) is 10.4 Å². The second-order valence-corrected chi connectivity index (χ2v) is 7.03. The Morgan fingerprint density at radius 2 is 2.04 bits per heavy atom. The maximum atomic E-state index is 12.9. The molecule has 0 aliphatic rings. The van der Waals surface area contributed by atoms with Gasteiger partial charge in [0.05, 0.1) is 4.92 Å². The number of nitrogens with zero attached hydrogens (tertiary/aromatic N) is 4. The predicted molar refractivity (Wildman–Crippen MR) is 103 cm³/mol. The molecule has 0 unspecified atom stereocenters. The average Bonchev–Trinajstić information content (AvgIpc) is 3.06. The van der Waals surface area contributed by atoms with Crippen LogP contribution in [0.4, 0.5) is 11.4 Å². The van der Waals surface area contributed by atoms with Crippen molar-refractivity contribution in [2.24, 2.45) is 7.05 Å². The standard InChI is InChI=1S/C17H14ClN5O3S/c1-22-10-19-21-17(22)27-15(11-5-3-2-4-6-11)16(24)20-12-7-8-13(18)14(9-12)23(25)26/h2-10,15H,1H3,(H,20,24)/t15-/m1/s1. The van der Waals surface area contributed by atoms with E-state index in [0.717, 1.165) is 5.56 Å². The van der Waals surface area contributed by atoms with E-state index in [4.69, 9.17) is 11.6 Å². The van der Waals surface area contributed by atoms with Gasteiger partial charge in [-0.1, -0.05) is 53.7 Å². The van der Waals surface area contributed by atoms with Crippen LogP contribution in [0.3, 0.4) is 0 Å². The first-order chi connectivity index (χ1) is 13.0. The van der Waals surface area contributed by atoms with E-state index in [-0.39, 0.29) is 22.3 Å². The minimum Gasteiger partial charge on any atom is -0.325 e. The van der Waals surface area contributed by atoms with E-state index >= 15 is 0 Å². The molecule has 1 atom stereocenters. The monoisotopic (exact) mass is 403 g/mol. The molecule has 0 bridgehead atoms. The number of anilines is 1. The van der Waals surface area contributed by atoms with Crippen molar-refractivity contribution in [3.8, 4) is 0 Å². The summed E-state index contributed by atoms with van der Waals surface area (Å²) in [5.41, 5.74) is 0.786. The van der Waals surface area contributed by atoms with Crippen LogP contribution in [0.25, 0.3) is 0 Å². The van der Waals surface area contributed by atoms with E-state index in [2.05, 4.69) is 15.5 Å². The van der Waals surface area contributed by atoms with Crippen molar-refractivity contribution in [3.63, 3.8) is 0 Å². The summed E-state index contributed by atoms with van der Waals surface area (Å²) < 4.78 is 1.71. The van der Waals surface area contributed by atoms with Gasteiger partial charge in [-0.05, 0) is 17.7 Å². The first kappa shape index (κ1) is 18.9. The molecule has 0 saturated carbocycles. The Balaban J connectivity index is 1.88. The smallest absolute Gasteiger partial charge is 0.289 e. The zero-order chi connectivity index (χ0) is 19.4. The van der Waals surface area contributed by atoms with E-state index in [1.807, 2.05) is 30.3 Å². The molecule has 0 aliphatic heterocycles. The summed E-state index contributed by atoms with van der Waals surface area (Å²) in [7, 11) is 1.78. The van der Waals surface area contributed by atoms with Gasteiger partial charge < -0.3 is 9.88 Å². The fraction of sp³-hybridized carbons (Fsp3) is 0.118.